The molecule has 1 aromatic carbocycles. The van der Waals surface area contributed by atoms with Crippen molar-refractivity contribution < 1.29 is 13.3 Å². The van der Waals surface area contributed by atoms with E-state index in [9.17, 15) is 8.78 Å². The van der Waals surface area contributed by atoms with Crippen molar-refractivity contribution in [2.45, 2.75) is 38.1 Å². The second-order valence-corrected chi connectivity index (χ2v) is 5.33. The van der Waals surface area contributed by atoms with Crippen molar-refractivity contribution in [1.29, 1.82) is 0 Å². The van der Waals surface area contributed by atoms with Gasteiger partial charge in [0, 0.05) is 18.0 Å². The first-order chi connectivity index (χ1) is 10.2. The van der Waals surface area contributed by atoms with Crippen molar-refractivity contribution in [2.24, 2.45) is 0 Å². The van der Waals surface area contributed by atoms with Crippen LogP contribution in [0.15, 0.2) is 22.7 Å². The Kier molecular flexibility index (Phi) is 4.24. The predicted molar refractivity (Wildman–Crippen MR) is 73.6 cm³/mol. The smallest absolute Gasteiger partial charge is 0.227 e. The molecule has 4 nitrogen and oxygen atoms in total. The molecule has 2 aromatic rings. The van der Waals surface area contributed by atoms with Gasteiger partial charge in [0.25, 0.3) is 0 Å². The molecule has 1 aliphatic heterocycles. The van der Waals surface area contributed by atoms with Crippen molar-refractivity contribution in [2.75, 3.05) is 6.54 Å². The van der Waals surface area contributed by atoms with Gasteiger partial charge in [-0.2, -0.15) is 4.98 Å². The Labute approximate surface area is 121 Å². The van der Waals surface area contributed by atoms with Crippen LogP contribution in [0.3, 0.4) is 0 Å². The van der Waals surface area contributed by atoms with Gasteiger partial charge in [-0.05, 0) is 44.0 Å². The number of nitrogens with zero attached hydrogens (tertiary/aromatic N) is 2. The Morgan fingerprint density at radius 1 is 1.24 bits per heavy atom. The molecule has 0 radical (unpaired) electrons. The number of aromatic nitrogens is 2. The average molecular weight is 293 g/mol. The number of aryl methyl sites for hydroxylation is 1. The van der Waals surface area contributed by atoms with Crippen LogP contribution in [0.25, 0.3) is 11.4 Å². The van der Waals surface area contributed by atoms with Crippen LogP contribution >= 0.6 is 0 Å². The molecular weight excluding hydrogens is 276 g/mol. The summed E-state index contributed by atoms with van der Waals surface area (Å²) < 4.78 is 31.3. The first kappa shape index (κ1) is 14.1. The number of rotatable bonds is 4. The third kappa shape index (κ3) is 3.44. The first-order valence-electron chi connectivity index (χ1n) is 7.24. The van der Waals surface area contributed by atoms with Crippen LogP contribution in [0, 0.1) is 11.6 Å². The lowest BCUT2D eigenvalue weighted by molar-refractivity contribution is 0.342. The Balaban J connectivity index is 1.63. The average Bonchev–Trinajstić information content (AvgIpc) is 2.98. The number of halogens is 2. The lowest BCUT2D eigenvalue weighted by Gasteiger charge is -2.22. The van der Waals surface area contributed by atoms with Gasteiger partial charge in [-0.1, -0.05) is 11.6 Å². The van der Waals surface area contributed by atoms with Crippen LogP contribution in [0.2, 0.25) is 0 Å². The number of benzene rings is 1. The summed E-state index contributed by atoms with van der Waals surface area (Å²) in [6, 6.07) is 4.08. The highest BCUT2D eigenvalue weighted by molar-refractivity contribution is 5.54. The van der Waals surface area contributed by atoms with Gasteiger partial charge in [-0.15, -0.1) is 0 Å². The van der Waals surface area contributed by atoms with Gasteiger partial charge >= 0.3 is 0 Å². The van der Waals surface area contributed by atoms with E-state index in [1.807, 2.05) is 0 Å². The topological polar surface area (TPSA) is 51.0 Å². The number of hydrogen-bond donors (Lipinski definition) is 1. The lowest BCUT2D eigenvalue weighted by atomic mass is 10.0. The third-order valence-electron chi connectivity index (χ3n) is 3.76. The lowest BCUT2D eigenvalue weighted by Crippen LogP contribution is -2.34. The standard InChI is InChI=1S/C15H17F2N3O/c16-12-6-4-10(9-13(12)17)15-19-14(21-20-15)7-5-11-3-1-2-8-18-11/h4,6,9,11,18H,1-3,5,7-8H2. The molecular formula is C15H17F2N3O. The minimum atomic E-state index is -0.912. The summed E-state index contributed by atoms with van der Waals surface area (Å²) in [5, 5.41) is 7.29. The Morgan fingerprint density at radius 2 is 2.14 bits per heavy atom. The minimum Gasteiger partial charge on any atom is -0.339 e. The highest BCUT2D eigenvalue weighted by Crippen LogP contribution is 2.20. The van der Waals surface area contributed by atoms with Crippen molar-refractivity contribution >= 4 is 0 Å². The van der Waals surface area contributed by atoms with E-state index in [0.717, 1.165) is 25.1 Å². The summed E-state index contributed by atoms with van der Waals surface area (Å²) in [5.41, 5.74) is 0.416. The van der Waals surface area contributed by atoms with Gasteiger partial charge < -0.3 is 9.84 Å². The first-order valence-corrected chi connectivity index (χ1v) is 7.24. The molecule has 0 saturated carbocycles. The van der Waals surface area contributed by atoms with Crippen LogP contribution in [-0.4, -0.2) is 22.7 Å². The molecule has 1 fully saturated rings. The molecule has 2 heterocycles. The summed E-state index contributed by atoms with van der Waals surface area (Å²) in [7, 11) is 0. The highest BCUT2D eigenvalue weighted by atomic mass is 19.2. The van der Waals surface area contributed by atoms with Gasteiger partial charge in [-0.3, -0.25) is 0 Å². The van der Waals surface area contributed by atoms with Crippen LogP contribution < -0.4 is 5.32 Å². The molecule has 0 spiro atoms. The Morgan fingerprint density at radius 3 is 2.90 bits per heavy atom. The summed E-state index contributed by atoms with van der Waals surface area (Å²) >= 11 is 0. The monoisotopic (exact) mass is 293 g/mol. The van der Waals surface area contributed by atoms with Crippen molar-refractivity contribution in [3.8, 4) is 11.4 Å². The maximum Gasteiger partial charge on any atom is 0.227 e. The Hall–Kier alpha value is -1.82. The second kappa shape index (κ2) is 6.30. The summed E-state index contributed by atoms with van der Waals surface area (Å²) in [6.07, 6.45) is 5.29. The molecule has 1 N–H and O–H groups in total. The number of nitrogens with one attached hydrogen (secondary N) is 1. The van der Waals surface area contributed by atoms with Crippen LogP contribution in [0.1, 0.15) is 31.6 Å². The molecule has 1 atom stereocenters. The largest absolute Gasteiger partial charge is 0.339 e. The molecule has 6 heteroatoms. The number of piperidine rings is 1. The SMILES string of the molecule is Fc1ccc(-c2noc(CCC3CCCCN3)n2)cc1F. The molecule has 1 unspecified atom stereocenters. The number of hydrogen-bond acceptors (Lipinski definition) is 4. The van der Waals surface area contributed by atoms with Crippen molar-refractivity contribution in [3.05, 3.63) is 35.7 Å². The molecule has 0 aliphatic carbocycles. The van der Waals surface area contributed by atoms with Crippen LogP contribution in [-0.2, 0) is 6.42 Å². The van der Waals surface area contributed by atoms with Gasteiger partial charge in [0.1, 0.15) is 0 Å². The molecule has 1 aromatic heterocycles. The maximum atomic E-state index is 13.2. The quantitative estimate of drug-likeness (QED) is 0.941. The molecule has 0 bridgehead atoms. The fourth-order valence-electron chi connectivity index (χ4n) is 2.58. The van der Waals surface area contributed by atoms with E-state index in [0.29, 0.717) is 29.7 Å². The molecule has 1 aliphatic rings. The van der Waals surface area contributed by atoms with E-state index < -0.39 is 11.6 Å². The van der Waals surface area contributed by atoms with E-state index >= 15 is 0 Å². The zero-order valence-electron chi connectivity index (χ0n) is 11.6. The molecule has 1 saturated heterocycles. The maximum absolute atomic E-state index is 13.2. The summed E-state index contributed by atoms with van der Waals surface area (Å²) in [6.45, 7) is 1.06. The zero-order valence-corrected chi connectivity index (χ0v) is 11.6. The van der Waals surface area contributed by atoms with Gasteiger partial charge in [0.15, 0.2) is 11.6 Å². The van der Waals surface area contributed by atoms with Gasteiger partial charge in [0.2, 0.25) is 11.7 Å². The summed E-state index contributed by atoms with van der Waals surface area (Å²) in [4.78, 5) is 4.24. The highest BCUT2D eigenvalue weighted by Gasteiger charge is 2.15. The van der Waals surface area contributed by atoms with E-state index in [-0.39, 0.29) is 0 Å². The molecule has 3 rings (SSSR count). The molecule has 112 valence electrons. The normalized spacial score (nSPS) is 18.9. The van der Waals surface area contributed by atoms with E-state index in [4.69, 9.17) is 4.52 Å². The zero-order chi connectivity index (χ0) is 14.7. The minimum absolute atomic E-state index is 0.292. The van der Waals surface area contributed by atoms with E-state index in [1.165, 1.54) is 25.3 Å². The summed E-state index contributed by atoms with van der Waals surface area (Å²) in [5.74, 6) is -0.973. The Bertz CT molecular complexity index is 609. The van der Waals surface area contributed by atoms with Gasteiger partial charge in [0.05, 0.1) is 0 Å². The molecule has 21 heavy (non-hydrogen) atoms. The van der Waals surface area contributed by atoms with Crippen molar-refractivity contribution in [1.82, 2.24) is 15.5 Å². The van der Waals surface area contributed by atoms with Crippen molar-refractivity contribution in [3.63, 3.8) is 0 Å². The van der Waals surface area contributed by atoms with Gasteiger partial charge in [-0.25, -0.2) is 8.78 Å². The fourth-order valence-corrected chi connectivity index (χ4v) is 2.58. The van der Waals surface area contributed by atoms with Crippen LogP contribution in [0.4, 0.5) is 8.78 Å². The predicted octanol–water partition coefficient (Wildman–Crippen LogP) is 3.09. The van der Waals surface area contributed by atoms with E-state index in [2.05, 4.69) is 15.5 Å². The fraction of sp³-hybridized carbons (Fsp3) is 0.467. The molecule has 0 amide bonds. The third-order valence-corrected chi connectivity index (χ3v) is 3.76. The second-order valence-electron chi connectivity index (χ2n) is 5.33. The van der Waals surface area contributed by atoms with Crippen LogP contribution in [0.5, 0.6) is 0 Å². The van der Waals surface area contributed by atoms with E-state index in [1.54, 1.807) is 0 Å².